The Kier molecular flexibility index (Phi) is 6.56. The quantitative estimate of drug-likeness (QED) is 0.496. The lowest BCUT2D eigenvalue weighted by Gasteiger charge is -2.31. The van der Waals surface area contributed by atoms with Crippen molar-refractivity contribution in [1.82, 2.24) is 19.2 Å². The van der Waals surface area contributed by atoms with Gasteiger partial charge in [0.05, 0.1) is 35.9 Å². The number of nitrogens with one attached hydrogen (secondary N) is 2. The number of benzene rings is 1. The van der Waals surface area contributed by atoms with Crippen molar-refractivity contribution in [1.29, 1.82) is 0 Å². The van der Waals surface area contributed by atoms with Crippen LogP contribution in [-0.4, -0.2) is 44.2 Å². The number of piperidine rings is 1. The van der Waals surface area contributed by atoms with E-state index in [2.05, 4.69) is 25.0 Å². The standard InChI is InChI=1S/C21H20F4N6OS/c1-12-18(19(32)28-13-3-4-15(22)16(23)7-13)20(33-30-12)29-17-9-26-14(8-27-17)10-31-6-2-5-21(24,25)11-31/h3-4,7-9H,2,5-6,10-11H2,1H3,(H,27,29)(H,28,32). The first-order valence-corrected chi connectivity index (χ1v) is 10.9. The molecule has 1 amide bonds. The van der Waals surface area contributed by atoms with Gasteiger partial charge in [-0.25, -0.2) is 22.5 Å². The zero-order valence-corrected chi connectivity index (χ0v) is 18.4. The van der Waals surface area contributed by atoms with Gasteiger partial charge in [-0.1, -0.05) is 0 Å². The van der Waals surface area contributed by atoms with Crippen molar-refractivity contribution in [3.05, 3.63) is 59.2 Å². The first kappa shape index (κ1) is 23.1. The molecular formula is C21H20F4N6OS. The van der Waals surface area contributed by atoms with Crippen molar-refractivity contribution >= 4 is 33.9 Å². The molecule has 33 heavy (non-hydrogen) atoms. The maximum atomic E-state index is 13.6. The molecule has 7 nitrogen and oxygen atoms in total. The van der Waals surface area contributed by atoms with Crippen LogP contribution < -0.4 is 10.6 Å². The number of aryl methyl sites for hydroxylation is 1. The van der Waals surface area contributed by atoms with Gasteiger partial charge in [-0.2, -0.15) is 4.37 Å². The molecule has 0 saturated carbocycles. The number of nitrogens with zero attached hydrogens (tertiary/aromatic N) is 4. The molecule has 4 rings (SSSR count). The summed E-state index contributed by atoms with van der Waals surface area (Å²) in [5.74, 6) is -4.98. The van der Waals surface area contributed by atoms with E-state index in [9.17, 15) is 22.4 Å². The van der Waals surface area contributed by atoms with Crippen molar-refractivity contribution in [2.45, 2.75) is 32.2 Å². The molecule has 0 spiro atoms. The fourth-order valence-corrected chi connectivity index (χ4v) is 4.32. The van der Waals surface area contributed by atoms with Gasteiger partial charge in [-0.15, -0.1) is 0 Å². The molecule has 0 unspecified atom stereocenters. The van der Waals surface area contributed by atoms with E-state index in [1.165, 1.54) is 18.5 Å². The van der Waals surface area contributed by atoms with Crippen LogP contribution in [0.25, 0.3) is 0 Å². The average molecular weight is 480 g/mol. The van der Waals surface area contributed by atoms with E-state index in [4.69, 9.17) is 0 Å². The van der Waals surface area contributed by atoms with Crippen LogP contribution in [-0.2, 0) is 6.54 Å². The third kappa shape index (κ3) is 5.63. The van der Waals surface area contributed by atoms with Gasteiger partial charge in [-0.3, -0.25) is 14.7 Å². The van der Waals surface area contributed by atoms with E-state index >= 15 is 0 Å². The van der Waals surface area contributed by atoms with E-state index in [1.54, 1.807) is 11.8 Å². The van der Waals surface area contributed by atoms with Crippen molar-refractivity contribution in [3.63, 3.8) is 0 Å². The molecule has 1 aliphatic heterocycles. The molecule has 1 aromatic carbocycles. The van der Waals surface area contributed by atoms with Gasteiger partial charge in [0.15, 0.2) is 11.6 Å². The summed E-state index contributed by atoms with van der Waals surface area (Å²) in [6.07, 6.45) is 3.27. The predicted octanol–water partition coefficient (Wildman–Crippen LogP) is 4.75. The van der Waals surface area contributed by atoms with Gasteiger partial charge >= 0.3 is 0 Å². The topological polar surface area (TPSA) is 83.0 Å². The zero-order chi connectivity index (χ0) is 23.6. The van der Waals surface area contributed by atoms with Crippen LogP contribution in [0.2, 0.25) is 0 Å². The first-order valence-electron chi connectivity index (χ1n) is 10.1. The molecule has 3 aromatic rings. The Morgan fingerprint density at radius 3 is 2.73 bits per heavy atom. The monoisotopic (exact) mass is 480 g/mol. The van der Waals surface area contributed by atoms with Crippen molar-refractivity contribution in [2.24, 2.45) is 0 Å². The minimum Gasteiger partial charge on any atom is -0.329 e. The normalized spacial score (nSPS) is 15.9. The number of hydrogen-bond donors (Lipinski definition) is 2. The zero-order valence-electron chi connectivity index (χ0n) is 17.5. The molecule has 2 aromatic heterocycles. The number of likely N-dealkylation sites (tertiary alicyclic amines) is 1. The van der Waals surface area contributed by atoms with Gasteiger partial charge in [0, 0.05) is 24.7 Å². The Balaban J connectivity index is 1.43. The Labute approximate surface area is 191 Å². The minimum absolute atomic E-state index is 0.0989. The van der Waals surface area contributed by atoms with Gasteiger partial charge in [0.1, 0.15) is 10.8 Å². The molecule has 0 atom stereocenters. The predicted molar refractivity (Wildman–Crippen MR) is 116 cm³/mol. The fraction of sp³-hybridized carbons (Fsp3) is 0.333. The van der Waals surface area contributed by atoms with Crippen LogP contribution in [0, 0.1) is 18.6 Å². The number of rotatable bonds is 6. The third-order valence-corrected chi connectivity index (χ3v) is 5.93. The van der Waals surface area contributed by atoms with Gasteiger partial charge in [0.25, 0.3) is 11.8 Å². The summed E-state index contributed by atoms with van der Waals surface area (Å²) in [6, 6.07) is 3.06. The molecular weight excluding hydrogens is 460 g/mol. The summed E-state index contributed by atoms with van der Waals surface area (Å²) in [5.41, 5.74) is 1.32. The van der Waals surface area contributed by atoms with E-state index in [0.717, 1.165) is 23.7 Å². The second-order valence-electron chi connectivity index (χ2n) is 7.74. The number of alkyl halides is 2. The number of hydrogen-bond acceptors (Lipinski definition) is 7. The van der Waals surface area contributed by atoms with Crippen molar-refractivity contribution in [3.8, 4) is 0 Å². The van der Waals surface area contributed by atoms with Crippen LogP contribution in [0.3, 0.4) is 0 Å². The maximum Gasteiger partial charge on any atom is 0.260 e. The summed E-state index contributed by atoms with van der Waals surface area (Å²) >= 11 is 1.03. The molecule has 1 aliphatic rings. The average Bonchev–Trinajstić information content (AvgIpc) is 3.11. The van der Waals surface area contributed by atoms with Crippen LogP contribution in [0.5, 0.6) is 0 Å². The van der Waals surface area contributed by atoms with E-state index in [0.29, 0.717) is 35.2 Å². The Hall–Kier alpha value is -3.12. The second-order valence-corrected chi connectivity index (χ2v) is 8.52. The number of halogens is 4. The maximum absolute atomic E-state index is 13.6. The lowest BCUT2D eigenvalue weighted by atomic mass is 10.1. The molecule has 0 bridgehead atoms. The van der Waals surface area contributed by atoms with Crippen LogP contribution in [0.4, 0.5) is 34.1 Å². The first-order chi connectivity index (χ1) is 15.7. The summed E-state index contributed by atoms with van der Waals surface area (Å²) in [6.45, 7) is 2.19. The number of aromatic nitrogens is 3. The number of amides is 1. The second kappa shape index (κ2) is 9.40. The van der Waals surface area contributed by atoms with E-state index in [-0.39, 0.29) is 30.8 Å². The summed E-state index contributed by atoms with van der Waals surface area (Å²) < 4.78 is 57.9. The minimum atomic E-state index is -2.69. The van der Waals surface area contributed by atoms with Gasteiger partial charge in [-0.05, 0) is 43.6 Å². The van der Waals surface area contributed by atoms with Gasteiger partial charge < -0.3 is 10.6 Å². The highest BCUT2D eigenvalue weighted by atomic mass is 32.1. The molecule has 3 heterocycles. The highest BCUT2D eigenvalue weighted by Gasteiger charge is 2.35. The Bertz CT molecular complexity index is 1150. The highest BCUT2D eigenvalue weighted by Crippen LogP contribution is 2.29. The van der Waals surface area contributed by atoms with Crippen LogP contribution >= 0.6 is 11.5 Å². The Morgan fingerprint density at radius 1 is 1.21 bits per heavy atom. The van der Waals surface area contributed by atoms with Gasteiger partial charge in [0.2, 0.25) is 0 Å². The fourth-order valence-electron chi connectivity index (χ4n) is 3.52. The lowest BCUT2D eigenvalue weighted by Crippen LogP contribution is -2.42. The highest BCUT2D eigenvalue weighted by molar-refractivity contribution is 7.10. The summed E-state index contributed by atoms with van der Waals surface area (Å²) in [4.78, 5) is 22.9. The SMILES string of the molecule is Cc1nsc(Nc2cnc(CN3CCCC(F)(F)C3)cn2)c1C(=O)Nc1ccc(F)c(F)c1. The molecule has 1 saturated heterocycles. The lowest BCUT2D eigenvalue weighted by molar-refractivity contribution is -0.0663. The summed E-state index contributed by atoms with van der Waals surface area (Å²) in [5, 5.41) is 5.89. The van der Waals surface area contributed by atoms with Crippen molar-refractivity contribution in [2.75, 3.05) is 23.7 Å². The molecule has 2 N–H and O–H groups in total. The van der Waals surface area contributed by atoms with Crippen LogP contribution in [0.15, 0.2) is 30.6 Å². The Morgan fingerprint density at radius 2 is 2.03 bits per heavy atom. The molecule has 1 fully saturated rings. The van der Waals surface area contributed by atoms with E-state index in [1.807, 2.05) is 0 Å². The number of carbonyl (C=O) groups excluding carboxylic acids is 1. The molecule has 12 heteroatoms. The van der Waals surface area contributed by atoms with Crippen LogP contribution in [0.1, 0.15) is 34.6 Å². The molecule has 0 aliphatic carbocycles. The molecule has 0 radical (unpaired) electrons. The number of anilines is 3. The summed E-state index contributed by atoms with van der Waals surface area (Å²) in [7, 11) is 0. The smallest absolute Gasteiger partial charge is 0.260 e. The largest absolute Gasteiger partial charge is 0.329 e. The number of carbonyl (C=O) groups is 1. The third-order valence-electron chi connectivity index (χ3n) is 5.07. The van der Waals surface area contributed by atoms with Crippen molar-refractivity contribution < 1.29 is 22.4 Å². The molecule has 174 valence electrons. The van der Waals surface area contributed by atoms with E-state index < -0.39 is 23.5 Å².